The first-order valence-corrected chi connectivity index (χ1v) is 16.3. The van der Waals surface area contributed by atoms with E-state index >= 15 is 4.39 Å². The van der Waals surface area contributed by atoms with Crippen molar-refractivity contribution in [3.8, 4) is 11.8 Å². The Morgan fingerprint density at radius 2 is 1.58 bits per heavy atom. The zero-order valence-corrected chi connectivity index (χ0v) is 27.4. The highest BCUT2D eigenvalue weighted by Crippen LogP contribution is 2.39. The van der Waals surface area contributed by atoms with E-state index in [1.165, 1.54) is 0 Å². The van der Waals surface area contributed by atoms with Crippen LogP contribution in [0.3, 0.4) is 0 Å². The van der Waals surface area contributed by atoms with Gasteiger partial charge in [0, 0.05) is 35.3 Å². The van der Waals surface area contributed by atoms with Gasteiger partial charge in [-0.3, -0.25) is 9.69 Å². The van der Waals surface area contributed by atoms with Gasteiger partial charge in [-0.25, -0.2) is 9.18 Å². The molecule has 250 valence electrons. The number of anilines is 2. The first-order valence-electron chi connectivity index (χ1n) is 16.3. The maximum Gasteiger partial charge on any atom is 0.407 e. The van der Waals surface area contributed by atoms with Crippen molar-refractivity contribution >= 4 is 23.4 Å². The van der Waals surface area contributed by atoms with Crippen LogP contribution in [0.15, 0.2) is 91.0 Å². The summed E-state index contributed by atoms with van der Waals surface area (Å²) in [6.07, 6.45) is -0.526. The van der Waals surface area contributed by atoms with E-state index in [2.05, 4.69) is 15.6 Å². The number of hydrogen-bond donors (Lipinski definition) is 2. The number of rotatable bonds is 10. The molecule has 0 unspecified atom stereocenters. The van der Waals surface area contributed by atoms with Crippen molar-refractivity contribution in [1.82, 2.24) is 10.3 Å². The van der Waals surface area contributed by atoms with Crippen LogP contribution in [0.2, 0.25) is 0 Å². The van der Waals surface area contributed by atoms with Crippen LogP contribution >= 0.6 is 0 Å². The van der Waals surface area contributed by atoms with Crippen molar-refractivity contribution in [2.24, 2.45) is 0 Å². The molecule has 2 heterocycles. The Bertz CT molecular complexity index is 1730. The summed E-state index contributed by atoms with van der Waals surface area (Å²) in [5.74, 6) is 0.498. The molecule has 10 heteroatoms. The minimum atomic E-state index is -1.24. The molecule has 1 saturated carbocycles. The maximum absolute atomic E-state index is 15.2. The van der Waals surface area contributed by atoms with E-state index in [1.54, 1.807) is 43.9 Å². The molecule has 0 saturated heterocycles. The van der Waals surface area contributed by atoms with Crippen molar-refractivity contribution < 1.29 is 28.2 Å². The quantitative estimate of drug-likeness (QED) is 0.182. The Labute approximate surface area is 280 Å². The predicted octanol–water partition coefficient (Wildman–Crippen LogP) is 7.60. The molecule has 4 aromatic rings. The highest BCUT2D eigenvalue weighted by molar-refractivity contribution is 6.11. The number of carbonyl (C=O) groups is 2. The van der Waals surface area contributed by atoms with Crippen LogP contribution in [0.1, 0.15) is 67.1 Å². The van der Waals surface area contributed by atoms with Crippen LogP contribution in [-0.4, -0.2) is 40.8 Å². The molecule has 1 aliphatic carbocycles. The molecule has 3 atom stereocenters. The molecule has 6 rings (SSSR count). The highest BCUT2D eigenvalue weighted by atomic mass is 19.1. The molecule has 0 radical (unpaired) electrons. The van der Waals surface area contributed by atoms with Crippen molar-refractivity contribution in [3.05, 3.63) is 113 Å². The number of halogens is 1. The molecule has 1 aromatic heterocycles. The fourth-order valence-corrected chi connectivity index (χ4v) is 6.02. The molecule has 0 spiro atoms. The third-order valence-electron chi connectivity index (χ3n) is 8.36. The second kappa shape index (κ2) is 14.3. The van der Waals surface area contributed by atoms with Gasteiger partial charge in [0.2, 0.25) is 11.8 Å². The van der Waals surface area contributed by atoms with Crippen LogP contribution in [0.25, 0.3) is 0 Å². The summed E-state index contributed by atoms with van der Waals surface area (Å²) in [5, 5.41) is 6.17. The van der Waals surface area contributed by atoms with Gasteiger partial charge in [-0.2, -0.15) is 4.98 Å². The number of alkyl halides is 1. The number of pyridine rings is 1. The Morgan fingerprint density at radius 3 is 2.25 bits per heavy atom. The summed E-state index contributed by atoms with van der Waals surface area (Å²) in [4.78, 5) is 32.4. The molecular weight excluding hydrogens is 611 g/mol. The third kappa shape index (κ3) is 8.05. The molecule has 1 aliphatic heterocycles. The third-order valence-corrected chi connectivity index (χ3v) is 8.36. The first kappa shape index (κ1) is 32.8. The Balaban J connectivity index is 1.17. The molecular formula is C38H41FN4O5. The molecule has 2 amide bonds. The highest BCUT2D eigenvalue weighted by Gasteiger charge is 2.36. The lowest BCUT2D eigenvalue weighted by Gasteiger charge is -2.34. The molecule has 2 N–H and O–H groups in total. The summed E-state index contributed by atoms with van der Waals surface area (Å²) >= 11 is 0. The van der Waals surface area contributed by atoms with E-state index in [4.69, 9.17) is 14.2 Å². The van der Waals surface area contributed by atoms with Gasteiger partial charge >= 0.3 is 6.09 Å². The van der Waals surface area contributed by atoms with Gasteiger partial charge < -0.3 is 24.8 Å². The van der Waals surface area contributed by atoms with Gasteiger partial charge in [-0.1, -0.05) is 66.7 Å². The molecule has 9 nitrogen and oxygen atoms in total. The van der Waals surface area contributed by atoms with Crippen molar-refractivity contribution in [3.63, 3.8) is 0 Å². The van der Waals surface area contributed by atoms with Gasteiger partial charge in [-0.15, -0.1) is 0 Å². The number of nitrogens with one attached hydrogen (secondary N) is 2. The summed E-state index contributed by atoms with van der Waals surface area (Å²) in [6, 6.07) is 27.9. The lowest BCUT2D eigenvalue weighted by atomic mass is 9.89. The number of fused-ring (bicyclic) bond motifs is 1. The topological polar surface area (TPSA) is 102 Å². The van der Waals surface area contributed by atoms with E-state index in [9.17, 15) is 9.59 Å². The average molecular weight is 653 g/mol. The van der Waals surface area contributed by atoms with Crippen molar-refractivity contribution in [1.29, 1.82) is 0 Å². The number of ether oxygens (including phenoxy) is 3. The minimum Gasteiger partial charge on any atom is -0.473 e. The van der Waals surface area contributed by atoms with Crippen LogP contribution in [0, 0.1) is 0 Å². The van der Waals surface area contributed by atoms with Crippen LogP contribution < -0.4 is 25.0 Å². The summed E-state index contributed by atoms with van der Waals surface area (Å²) in [5.41, 5.74) is 4.01. The Kier molecular flexibility index (Phi) is 9.80. The fourth-order valence-electron chi connectivity index (χ4n) is 6.02. The normalized spacial score (nSPS) is 19.0. The first-order chi connectivity index (χ1) is 23.1. The number of amides is 2. The molecule has 2 aliphatic rings. The second-order valence-electron chi connectivity index (χ2n) is 13.2. The lowest BCUT2D eigenvalue weighted by Crippen LogP contribution is -2.48. The number of alkyl carbamates (subject to hydrolysis) is 1. The zero-order valence-electron chi connectivity index (χ0n) is 27.4. The Morgan fingerprint density at radius 1 is 0.896 bits per heavy atom. The maximum atomic E-state index is 15.2. The van der Waals surface area contributed by atoms with Crippen LogP contribution in [0.5, 0.6) is 11.8 Å². The Hall–Kier alpha value is -5.12. The van der Waals surface area contributed by atoms with Crippen LogP contribution in [-0.2, 0) is 24.5 Å². The van der Waals surface area contributed by atoms with Crippen molar-refractivity contribution in [2.75, 3.05) is 10.2 Å². The number of benzene rings is 3. The van der Waals surface area contributed by atoms with E-state index in [0.29, 0.717) is 43.1 Å². The van der Waals surface area contributed by atoms with Gasteiger partial charge in [0.25, 0.3) is 5.91 Å². The minimum absolute atomic E-state index is 0.167. The molecule has 3 aromatic carbocycles. The average Bonchev–Trinajstić information content (AvgIpc) is 3.41. The molecule has 48 heavy (non-hydrogen) atoms. The van der Waals surface area contributed by atoms with Gasteiger partial charge in [-0.05, 0) is 62.9 Å². The summed E-state index contributed by atoms with van der Waals surface area (Å²) in [6.45, 7) is 6.22. The van der Waals surface area contributed by atoms with E-state index in [-0.39, 0.29) is 30.9 Å². The van der Waals surface area contributed by atoms with Crippen LogP contribution in [0.4, 0.5) is 20.6 Å². The number of aromatic nitrogens is 1. The molecule has 1 fully saturated rings. The lowest BCUT2D eigenvalue weighted by molar-refractivity contribution is 0.0447. The molecule has 0 bridgehead atoms. The standard InChI is InChI=1S/C38H41FN4O5/c1-38(2,3)48-37(45)41-32-18-17-27(21-30(32)39)40-31-16-10-15-28-29(31)22-43(36(28)44)33-19-20-34(46-23-25-11-6-4-7-12-25)42-35(33)47-24-26-13-8-5-9-14-26/h4-16,19-20,27,30,32,40H,17-18,21-24H2,1-3H3,(H,41,45)/t27-,30-,32-/m1/s1. The summed E-state index contributed by atoms with van der Waals surface area (Å²) < 4.78 is 32.8. The van der Waals surface area contributed by atoms with E-state index in [1.807, 2.05) is 72.8 Å². The second-order valence-corrected chi connectivity index (χ2v) is 13.2. The van der Waals surface area contributed by atoms with E-state index in [0.717, 1.165) is 22.4 Å². The summed E-state index contributed by atoms with van der Waals surface area (Å²) in [7, 11) is 0. The SMILES string of the molecule is CC(C)(C)OC(=O)N[C@@H]1CC[C@@H](Nc2cccc3c2CN(c2ccc(OCc4ccccc4)nc2OCc2ccccc2)C3=O)C[C@H]1F. The van der Waals surface area contributed by atoms with Gasteiger partial charge in [0.05, 0.1) is 12.6 Å². The number of carbonyl (C=O) groups excluding carboxylic acids is 2. The van der Waals surface area contributed by atoms with E-state index < -0.39 is 23.9 Å². The number of nitrogens with zero attached hydrogens (tertiary/aromatic N) is 2. The van der Waals surface area contributed by atoms with Crippen molar-refractivity contribution in [2.45, 2.75) is 83.6 Å². The monoisotopic (exact) mass is 652 g/mol. The van der Waals surface area contributed by atoms with Gasteiger partial charge in [0.15, 0.2) is 0 Å². The fraction of sp³-hybridized carbons (Fsp3) is 0.342. The predicted molar refractivity (Wildman–Crippen MR) is 182 cm³/mol. The largest absolute Gasteiger partial charge is 0.473 e. The smallest absolute Gasteiger partial charge is 0.407 e. The number of hydrogen-bond acceptors (Lipinski definition) is 7. The van der Waals surface area contributed by atoms with Gasteiger partial charge in [0.1, 0.15) is 30.7 Å². The zero-order chi connectivity index (χ0) is 33.7.